The maximum absolute atomic E-state index is 14.7. The average molecular weight is 1280 g/mol. The molecule has 4 aliphatic rings. The van der Waals surface area contributed by atoms with Crippen molar-refractivity contribution in [2.75, 3.05) is 120 Å². The number of aliphatic hydroxyl groups excluding tert-OH is 3. The number of ketones is 2. The Balaban J connectivity index is 1.37. The van der Waals surface area contributed by atoms with Crippen molar-refractivity contribution < 1.29 is 101 Å². The van der Waals surface area contributed by atoms with Gasteiger partial charge in [-0.05, 0) is 114 Å². The van der Waals surface area contributed by atoms with Crippen molar-refractivity contribution in [3.8, 4) is 0 Å². The fraction of sp³-hybridized carbons (Fsp3) is 0.806. The van der Waals surface area contributed by atoms with Crippen LogP contribution in [0.25, 0.3) is 0 Å². The van der Waals surface area contributed by atoms with Crippen LogP contribution in [-0.2, 0) is 76.0 Å². The molecule has 23 heteroatoms. The summed E-state index contributed by atoms with van der Waals surface area (Å²) in [7, 11) is 3.12. The van der Waals surface area contributed by atoms with E-state index in [9.17, 15) is 44.4 Å². The Bertz CT molecular complexity index is 2230. The van der Waals surface area contributed by atoms with Gasteiger partial charge in [0, 0.05) is 64.5 Å². The van der Waals surface area contributed by atoms with Crippen LogP contribution in [0, 0.1) is 35.5 Å². The molecule has 3 heterocycles. The summed E-state index contributed by atoms with van der Waals surface area (Å²) in [5, 5.41) is 49.2. The van der Waals surface area contributed by atoms with E-state index in [2.05, 4.69) is 5.32 Å². The summed E-state index contributed by atoms with van der Waals surface area (Å²) in [5.41, 5.74) is 1.13. The van der Waals surface area contributed by atoms with E-state index in [0.29, 0.717) is 144 Å². The number of hydrogen-bond donors (Lipinski definition) is 5. The Hall–Kier alpha value is -4.05. The third-order valence-electron chi connectivity index (χ3n) is 17.6. The summed E-state index contributed by atoms with van der Waals surface area (Å²) in [5.74, 6) is -8.37. The minimum atomic E-state index is -2.47. The van der Waals surface area contributed by atoms with Crippen LogP contribution in [-0.4, -0.2) is 235 Å². The molecule has 1 aliphatic carbocycles. The van der Waals surface area contributed by atoms with Gasteiger partial charge in [0.1, 0.15) is 30.5 Å². The molecule has 0 spiro atoms. The second-order valence-electron chi connectivity index (χ2n) is 24.8. The summed E-state index contributed by atoms with van der Waals surface area (Å²) >= 11 is 0. The predicted octanol–water partition coefficient (Wildman–Crippen LogP) is 6.19. The number of cyclic esters (lactones) is 1. The van der Waals surface area contributed by atoms with Crippen molar-refractivity contribution >= 4 is 29.5 Å². The van der Waals surface area contributed by atoms with Gasteiger partial charge >= 0.3 is 12.1 Å². The highest BCUT2D eigenvalue weighted by molar-refractivity contribution is 6.39. The molecule has 2 amide bonds. The van der Waals surface area contributed by atoms with Gasteiger partial charge in [-0.25, -0.2) is 9.59 Å². The average Bonchev–Trinajstić information content (AvgIpc) is 0.874. The summed E-state index contributed by atoms with van der Waals surface area (Å²) in [6.45, 7) is 21.0. The van der Waals surface area contributed by atoms with Crippen LogP contribution in [0.4, 0.5) is 4.79 Å². The quantitative estimate of drug-likeness (QED) is 0.0253. The van der Waals surface area contributed by atoms with Crippen LogP contribution in [0.3, 0.4) is 0 Å². The Kier molecular flexibility index (Phi) is 37.5. The first-order chi connectivity index (χ1) is 43.1. The number of aliphatic hydroxyl groups is 4. The Morgan fingerprint density at radius 1 is 0.700 bits per heavy atom. The first-order valence-corrected chi connectivity index (χ1v) is 32.9. The molecule has 0 radical (unpaired) electrons. The van der Waals surface area contributed by atoms with Gasteiger partial charge in [-0.1, -0.05) is 71.1 Å². The fourth-order valence-corrected chi connectivity index (χ4v) is 12.0. The molecular formula is C67H112N2O21. The summed E-state index contributed by atoms with van der Waals surface area (Å²) in [6.07, 6.45) is 7.85. The number of hydrogen-bond acceptors (Lipinski definition) is 21. The van der Waals surface area contributed by atoms with Crippen LogP contribution in [0.5, 0.6) is 0 Å². The van der Waals surface area contributed by atoms with E-state index in [1.165, 1.54) is 4.90 Å². The molecule has 3 aliphatic heterocycles. The topological polar surface area (TPSA) is 292 Å². The van der Waals surface area contributed by atoms with Crippen molar-refractivity contribution in [1.29, 1.82) is 0 Å². The lowest BCUT2D eigenvalue weighted by Gasteiger charge is -2.43. The Labute approximate surface area is 535 Å². The number of carbonyl (C=O) groups is 5. The van der Waals surface area contributed by atoms with Gasteiger partial charge in [-0.3, -0.25) is 14.4 Å². The zero-order valence-corrected chi connectivity index (χ0v) is 55.6. The van der Waals surface area contributed by atoms with Crippen molar-refractivity contribution in [2.24, 2.45) is 35.5 Å². The number of methoxy groups -OCH3 is 2. The number of rotatable bonds is 28. The van der Waals surface area contributed by atoms with E-state index in [-0.39, 0.29) is 62.3 Å². The van der Waals surface area contributed by atoms with E-state index in [0.717, 1.165) is 5.57 Å². The van der Waals surface area contributed by atoms with Crippen LogP contribution in [0.2, 0.25) is 0 Å². The van der Waals surface area contributed by atoms with Crippen molar-refractivity contribution in [1.82, 2.24) is 10.2 Å². The molecule has 23 nitrogen and oxygen atoms in total. The second kappa shape index (κ2) is 43.0. The fourth-order valence-electron chi connectivity index (χ4n) is 12.0. The van der Waals surface area contributed by atoms with Crippen LogP contribution in [0.1, 0.15) is 132 Å². The minimum Gasteiger partial charge on any atom is -0.460 e. The number of amides is 2. The lowest BCUT2D eigenvalue weighted by molar-refractivity contribution is -0.265. The molecular weight excluding hydrogens is 1170 g/mol. The number of ether oxygens (including phenoxy) is 12. The third-order valence-corrected chi connectivity index (χ3v) is 17.6. The summed E-state index contributed by atoms with van der Waals surface area (Å²) in [6, 6.07) is -1.18. The molecule has 2 unspecified atom stereocenters. The van der Waals surface area contributed by atoms with E-state index in [1.54, 1.807) is 48.0 Å². The number of alkyl carbamates (subject to hydrolysis) is 1. The molecule has 90 heavy (non-hydrogen) atoms. The minimum absolute atomic E-state index is 0.0107. The molecule has 516 valence electrons. The zero-order chi connectivity index (χ0) is 66.0. The molecule has 0 aromatic heterocycles. The highest BCUT2D eigenvalue weighted by Gasteiger charge is 2.53. The first kappa shape index (κ1) is 78.4. The number of nitrogens with zero attached hydrogens (tertiary/aromatic N) is 1. The molecule has 5 N–H and O–H groups in total. The Morgan fingerprint density at radius 2 is 1.31 bits per heavy atom. The number of fused-ring (bicyclic) bond motifs is 3. The number of piperidine rings is 1. The van der Waals surface area contributed by atoms with Gasteiger partial charge in [-0.15, -0.1) is 0 Å². The number of allylic oxidation sites excluding steroid dienone is 5. The SMILES string of the molecule is CCOCCOCCOCCOCCOCCOCCOCCNC(=O)O[C@@H]1CC[C@@H](C[C@@H](C)[C@@H]2C[C@@H](O)C(C)/C=C(\C)[C@@H](O)[C@@H](O)C(=O)C(C)C[C@H](C)/C=C/C=C/C=C(\C)[C@@H](OC)C[C@@H]3CC[C@@H](C)[C@@](O)(O3)C(=O)C(=O)N3CCCC[C@H]3C(=O)O2)C[C@H]1OC. The normalized spacial score (nSPS) is 33.2. The first-order valence-electron chi connectivity index (χ1n) is 32.9. The van der Waals surface area contributed by atoms with Crippen molar-refractivity contribution in [3.05, 3.63) is 47.6 Å². The highest BCUT2D eigenvalue weighted by atomic mass is 16.6. The molecule has 0 aromatic rings. The largest absolute Gasteiger partial charge is 0.460 e. The maximum Gasteiger partial charge on any atom is 0.407 e. The Morgan fingerprint density at radius 3 is 1.91 bits per heavy atom. The zero-order valence-electron chi connectivity index (χ0n) is 55.6. The van der Waals surface area contributed by atoms with E-state index in [1.807, 2.05) is 58.1 Å². The van der Waals surface area contributed by atoms with Crippen molar-refractivity contribution in [3.63, 3.8) is 0 Å². The van der Waals surface area contributed by atoms with E-state index < -0.39 is 108 Å². The monoisotopic (exact) mass is 1280 g/mol. The van der Waals surface area contributed by atoms with Crippen LogP contribution >= 0.6 is 0 Å². The standard InChI is InChI=1S/C67H112N2O21/c1-11-81-27-28-83-31-32-85-35-36-87-38-37-86-34-33-84-30-29-82-26-24-68-66(77)89-56-23-21-52(42-59(56)80-10)41-48(5)58-44-55(70)47(4)40-50(7)61(72)62(73)60(71)49(6)39-45(2)17-13-12-14-18-46(3)57(79-9)43-53-22-20-51(8)67(78,90-53)63(74)64(75)69-25-16-15-19-54(69)65(76)88-58/h12-14,17-18,40,45,47-49,51-59,61-62,70,72-73,78H,11,15-16,19-39,41-44H2,1-10H3,(H,68,77)/b14-12+,17-13+,46-18+,50-40+/t45-,47?,48-,49?,51-,52+,53+,54+,55-,56-,57+,58+,59-,61-,62+,67-/m1/s1. The number of Topliss-reactive ketones (excluding diaryl/α,β-unsaturated/α-hetero) is 2. The number of esters is 1. The van der Waals surface area contributed by atoms with Crippen LogP contribution in [0.15, 0.2) is 47.6 Å². The summed E-state index contributed by atoms with van der Waals surface area (Å²) in [4.78, 5) is 71.2. The van der Waals surface area contributed by atoms with E-state index in [4.69, 9.17) is 56.8 Å². The highest BCUT2D eigenvalue weighted by Crippen LogP contribution is 2.38. The lowest BCUT2D eigenvalue weighted by atomic mass is 9.78. The predicted molar refractivity (Wildman–Crippen MR) is 335 cm³/mol. The second-order valence-corrected chi connectivity index (χ2v) is 24.8. The van der Waals surface area contributed by atoms with Crippen molar-refractivity contribution in [2.45, 2.75) is 193 Å². The third kappa shape index (κ3) is 27.1. The van der Waals surface area contributed by atoms with Gasteiger partial charge in [0.15, 0.2) is 5.78 Å². The maximum atomic E-state index is 14.7. The van der Waals surface area contributed by atoms with Gasteiger partial charge in [0.05, 0.1) is 110 Å². The van der Waals surface area contributed by atoms with Gasteiger partial charge < -0.3 is 87.5 Å². The molecule has 0 aromatic carbocycles. The summed E-state index contributed by atoms with van der Waals surface area (Å²) < 4.78 is 68.5. The van der Waals surface area contributed by atoms with Gasteiger partial charge in [0.2, 0.25) is 5.79 Å². The lowest BCUT2D eigenvalue weighted by Crippen LogP contribution is -2.61. The molecule has 3 fully saturated rings. The van der Waals surface area contributed by atoms with Crippen LogP contribution < -0.4 is 5.32 Å². The van der Waals surface area contributed by atoms with E-state index >= 15 is 0 Å². The molecule has 16 atom stereocenters. The number of carbonyl (C=O) groups excluding carboxylic acids is 5. The molecule has 4 rings (SSSR count). The molecule has 2 saturated heterocycles. The molecule has 2 bridgehead atoms. The van der Waals surface area contributed by atoms with Gasteiger partial charge in [0.25, 0.3) is 11.7 Å². The molecule has 1 saturated carbocycles. The smallest absolute Gasteiger partial charge is 0.407 e. The van der Waals surface area contributed by atoms with Gasteiger partial charge in [-0.2, -0.15) is 0 Å². The number of nitrogens with one attached hydrogen (secondary N) is 1.